The van der Waals surface area contributed by atoms with Gasteiger partial charge in [-0.2, -0.15) is 5.26 Å². The minimum absolute atomic E-state index is 0.0568. The molecule has 2 aromatic rings. The summed E-state index contributed by atoms with van der Waals surface area (Å²) in [6.45, 7) is 2.38. The van der Waals surface area contributed by atoms with Crippen LogP contribution >= 0.6 is 0 Å². The molecule has 2 fully saturated rings. The van der Waals surface area contributed by atoms with Gasteiger partial charge in [0.1, 0.15) is 11.9 Å². The Hall–Kier alpha value is -3.01. The van der Waals surface area contributed by atoms with Crippen molar-refractivity contribution in [3.63, 3.8) is 0 Å². The van der Waals surface area contributed by atoms with Gasteiger partial charge in [-0.25, -0.2) is 4.39 Å². The molecule has 27 heavy (non-hydrogen) atoms. The summed E-state index contributed by atoms with van der Waals surface area (Å²) in [6, 6.07) is 10.6. The molecule has 1 amide bonds. The molecule has 7 heteroatoms. The summed E-state index contributed by atoms with van der Waals surface area (Å²) in [5.41, 5.74) is 1.79. The molecule has 1 saturated heterocycles. The minimum Gasteiger partial charge on any atom is -0.352 e. The van der Waals surface area contributed by atoms with Crippen LogP contribution in [-0.4, -0.2) is 47.2 Å². The maximum atomic E-state index is 14.3. The Morgan fingerprint density at radius 3 is 2.52 bits per heavy atom. The SMILES string of the molecule is N#Cc1ccc(N2CCN(C(=O)Cc3ccc(C4CC4)cc3F)CC2)nn1. The number of nitrogens with zero attached hydrogens (tertiary/aromatic N) is 5. The number of halogens is 1. The molecule has 2 heterocycles. The molecule has 0 spiro atoms. The Bertz CT molecular complexity index is 880. The maximum absolute atomic E-state index is 14.3. The average Bonchev–Trinajstić information content (AvgIpc) is 3.55. The summed E-state index contributed by atoms with van der Waals surface area (Å²) >= 11 is 0. The minimum atomic E-state index is -0.278. The van der Waals surface area contributed by atoms with Gasteiger partial charge in [0.05, 0.1) is 6.42 Å². The highest BCUT2D eigenvalue weighted by atomic mass is 19.1. The Kier molecular flexibility index (Phi) is 4.71. The lowest BCUT2D eigenvalue weighted by atomic mass is 10.0. The first-order valence-electron chi connectivity index (χ1n) is 9.19. The van der Waals surface area contributed by atoms with E-state index in [0.717, 1.165) is 18.4 Å². The van der Waals surface area contributed by atoms with Gasteiger partial charge in [0.2, 0.25) is 5.91 Å². The van der Waals surface area contributed by atoms with Gasteiger partial charge in [-0.05, 0) is 48.1 Å². The molecule has 0 bridgehead atoms. The predicted molar refractivity (Wildman–Crippen MR) is 97.6 cm³/mol. The molecule has 6 nitrogen and oxygen atoms in total. The van der Waals surface area contributed by atoms with E-state index in [1.54, 1.807) is 29.2 Å². The molecule has 1 aliphatic carbocycles. The largest absolute Gasteiger partial charge is 0.352 e. The normalized spacial score (nSPS) is 16.9. The standard InChI is InChI=1S/C20H20FN5O/c21-18-11-15(14-1-2-14)3-4-16(18)12-20(27)26-9-7-25(8-10-26)19-6-5-17(13-22)23-24-19/h3-6,11,14H,1-2,7-10,12H2. The van der Waals surface area contributed by atoms with Crippen LogP contribution in [0.5, 0.6) is 0 Å². The van der Waals surface area contributed by atoms with E-state index in [1.807, 2.05) is 17.0 Å². The first kappa shape index (κ1) is 17.4. The van der Waals surface area contributed by atoms with Crippen LogP contribution in [0.1, 0.15) is 35.6 Å². The summed E-state index contributed by atoms with van der Waals surface area (Å²) in [5, 5.41) is 16.7. The number of carbonyl (C=O) groups excluding carboxylic acids is 1. The topological polar surface area (TPSA) is 73.1 Å². The second kappa shape index (κ2) is 7.31. The van der Waals surface area contributed by atoms with Crippen LogP contribution in [0.2, 0.25) is 0 Å². The smallest absolute Gasteiger partial charge is 0.227 e. The second-order valence-electron chi connectivity index (χ2n) is 7.06. The molecule has 0 atom stereocenters. The second-order valence-corrected chi connectivity index (χ2v) is 7.06. The summed E-state index contributed by atoms with van der Waals surface area (Å²) < 4.78 is 14.3. The summed E-state index contributed by atoms with van der Waals surface area (Å²) in [4.78, 5) is 16.4. The highest BCUT2D eigenvalue weighted by Crippen LogP contribution is 2.40. The van der Waals surface area contributed by atoms with Crippen LogP contribution in [0.3, 0.4) is 0 Å². The van der Waals surface area contributed by atoms with E-state index in [2.05, 4.69) is 10.2 Å². The number of piperazine rings is 1. The van der Waals surface area contributed by atoms with E-state index in [0.29, 0.717) is 43.5 Å². The van der Waals surface area contributed by atoms with Gasteiger partial charge in [-0.15, -0.1) is 10.2 Å². The van der Waals surface area contributed by atoms with E-state index in [1.165, 1.54) is 0 Å². The van der Waals surface area contributed by atoms with E-state index in [4.69, 9.17) is 5.26 Å². The molecule has 1 aromatic heterocycles. The first-order valence-corrected chi connectivity index (χ1v) is 9.19. The van der Waals surface area contributed by atoms with Gasteiger partial charge < -0.3 is 9.80 Å². The lowest BCUT2D eigenvalue weighted by Gasteiger charge is -2.35. The number of amides is 1. The van der Waals surface area contributed by atoms with Crippen LogP contribution in [0.4, 0.5) is 10.2 Å². The van der Waals surface area contributed by atoms with Crippen molar-refractivity contribution in [1.82, 2.24) is 15.1 Å². The van der Waals surface area contributed by atoms with Crippen molar-refractivity contribution in [2.75, 3.05) is 31.1 Å². The monoisotopic (exact) mass is 365 g/mol. The number of hydrogen-bond donors (Lipinski definition) is 0. The van der Waals surface area contributed by atoms with Crippen molar-refractivity contribution in [1.29, 1.82) is 5.26 Å². The maximum Gasteiger partial charge on any atom is 0.227 e. The van der Waals surface area contributed by atoms with Crippen molar-refractivity contribution in [2.45, 2.75) is 25.2 Å². The molecule has 0 unspecified atom stereocenters. The summed E-state index contributed by atoms with van der Waals surface area (Å²) in [5.74, 6) is 0.864. The number of hydrogen-bond acceptors (Lipinski definition) is 5. The van der Waals surface area contributed by atoms with Crippen molar-refractivity contribution in [3.8, 4) is 6.07 Å². The van der Waals surface area contributed by atoms with Crippen molar-refractivity contribution >= 4 is 11.7 Å². The quantitative estimate of drug-likeness (QED) is 0.831. The zero-order chi connectivity index (χ0) is 18.8. The Morgan fingerprint density at radius 2 is 1.93 bits per heavy atom. The van der Waals surface area contributed by atoms with Crippen LogP contribution in [0.15, 0.2) is 30.3 Å². The molecule has 138 valence electrons. The Morgan fingerprint density at radius 1 is 1.15 bits per heavy atom. The molecule has 0 N–H and O–H groups in total. The summed E-state index contributed by atoms with van der Waals surface area (Å²) in [7, 11) is 0. The number of aromatic nitrogens is 2. The zero-order valence-electron chi connectivity index (χ0n) is 14.9. The number of nitriles is 1. The number of carbonyl (C=O) groups is 1. The lowest BCUT2D eigenvalue weighted by molar-refractivity contribution is -0.130. The van der Waals surface area contributed by atoms with Crippen molar-refractivity contribution in [2.24, 2.45) is 0 Å². The molecule has 1 saturated carbocycles. The highest BCUT2D eigenvalue weighted by molar-refractivity contribution is 5.79. The lowest BCUT2D eigenvalue weighted by Crippen LogP contribution is -2.49. The Balaban J connectivity index is 1.33. The van der Waals surface area contributed by atoms with Crippen LogP contribution in [0, 0.1) is 17.1 Å². The van der Waals surface area contributed by atoms with Gasteiger partial charge in [-0.1, -0.05) is 12.1 Å². The molecular formula is C20H20FN5O. The van der Waals surface area contributed by atoms with E-state index in [-0.39, 0.29) is 23.8 Å². The van der Waals surface area contributed by atoms with Gasteiger partial charge in [0.25, 0.3) is 0 Å². The Labute approximate surface area is 157 Å². The third-order valence-electron chi connectivity index (χ3n) is 5.19. The fourth-order valence-corrected chi connectivity index (χ4v) is 3.39. The fourth-order valence-electron chi connectivity index (χ4n) is 3.39. The summed E-state index contributed by atoms with van der Waals surface area (Å²) in [6.07, 6.45) is 2.35. The molecular weight excluding hydrogens is 345 g/mol. The first-order chi connectivity index (χ1) is 13.1. The zero-order valence-corrected chi connectivity index (χ0v) is 14.9. The van der Waals surface area contributed by atoms with Gasteiger partial charge in [-0.3, -0.25) is 4.79 Å². The van der Waals surface area contributed by atoms with Gasteiger partial charge in [0, 0.05) is 26.2 Å². The average molecular weight is 365 g/mol. The van der Waals surface area contributed by atoms with Crippen LogP contribution in [-0.2, 0) is 11.2 Å². The van der Waals surface area contributed by atoms with Gasteiger partial charge in [0.15, 0.2) is 11.5 Å². The van der Waals surface area contributed by atoms with E-state index >= 15 is 0 Å². The van der Waals surface area contributed by atoms with Crippen LogP contribution < -0.4 is 4.90 Å². The number of anilines is 1. The molecule has 0 radical (unpaired) electrons. The van der Waals surface area contributed by atoms with E-state index < -0.39 is 0 Å². The third-order valence-corrected chi connectivity index (χ3v) is 5.19. The fraction of sp³-hybridized carbons (Fsp3) is 0.400. The predicted octanol–water partition coefficient (Wildman–Crippen LogP) is 2.26. The van der Waals surface area contributed by atoms with Crippen LogP contribution in [0.25, 0.3) is 0 Å². The number of benzene rings is 1. The van der Waals surface area contributed by atoms with E-state index in [9.17, 15) is 9.18 Å². The van der Waals surface area contributed by atoms with Gasteiger partial charge >= 0.3 is 0 Å². The number of rotatable bonds is 4. The van der Waals surface area contributed by atoms with Crippen molar-refractivity contribution < 1.29 is 9.18 Å². The highest BCUT2D eigenvalue weighted by Gasteiger charge is 2.26. The molecule has 4 rings (SSSR count). The molecule has 2 aliphatic rings. The molecule has 1 aliphatic heterocycles. The third kappa shape index (κ3) is 3.90. The molecule has 1 aromatic carbocycles. The van der Waals surface area contributed by atoms with Crippen molar-refractivity contribution in [3.05, 3.63) is 53.0 Å².